The lowest BCUT2D eigenvalue weighted by molar-refractivity contribution is 0.0948. The summed E-state index contributed by atoms with van der Waals surface area (Å²) in [6, 6.07) is 11.2. The highest BCUT2D eigenvalue weighted by Gasteiger charge is 2.08. The molecule has 3 aromatic rings. The molecule has 0 aliphatic rings. The SMILES string of the molecule is Cc1ccc2nc(COc3cccc(C(=O)NCC(C)C)c3)cn2c1. The van der Waals surface area contributed by atoms with E-state index in [1.807, 2.05) is 48.0 Å². The Bertz CT molecular complexity index is 884. The maximum atomic E-state index is 12.1. The third-order valence-corrected chi connectivity index (χ3v) is 3.80. The Labute approximate surface area is 147 Å². The molecule has 0 atom stereocenters. The predicted octanol–water partition coefficient (Wildman–Crippen LogP) is 3.61. The van der Waals surface area contributed by atoms with Crippen molar-refractivity contribution in [1.82, 2.24) is 14.7 Å². The van der Waals surface area contributed by atoms with Crippen LogP contribution in [0.4, 0.5) is 0 Å². The summed E-state index contributed by atoms with van der Waals surface area (Å²) in [4.78, 5) is 16.7. The molecule has 130 valence electrons. The third kappa shape index (κ3) is 4.38. The molecule has 5 heteroatoms. The van der Waals surface area contributed by atoms with E-state index in [1.54, 1.807) is 12.1 Å². The Balaban J connectivity index is 1.66. The quantitative estimate of drug-likeness (QED) is 0.747. The van der Waals surface area contributed by atoms with Crippen molar-refractivity contribution in [2.24, 2.45) is 5.92 Å². The molecule has 0 aliphatic carbocycles. The zero-order valence-corrected chi connectivity index (χ0v) is 14.8. The molecule has 3 rings (SSSR count). The first-order chi connectivity index (χ1) is 12.0. The van der Waals surface area contributed by atoms with E-state index in [0.717, 1.165) is 11.3 Å². The molecule has 0 fully saturated rings. The van der Waals surface area contributed by atoms with Gasteiger partial charge in [0.1, 0.15) is 18.0 Å². The number of carbonyl (C=O) groups is 1. The molecule has 0 radical (unpaired) electrons. The van der Waals surface area contributed by atoms with Crippen molar-refractivity contribution in [3.05, 3.63) is 65.6 Å². The van der Waals surface area contributed by atoms with E-state index in [2.05, 4.69) is 24.1 Å². The Kier molecular flexibility index (Phi) is 5.03. The van der Waals surface area contributed by atoms with Crippen LogP contribution in [0.5, 0.6) is 5.75 Å². The topological polar surface area (TPSA) is 55.6 Å². The van der Waals surface area contributed by atoms with Gasteiger partial charge in [0.15, 0.2) is 0 Å². The van der Waals surface area contributed by atoms with Crippen molar-refractivity contribution in [2.75, 3.05) is 6.54 Å². The number of aromatic nitrogens is 2. The van der Waals surface area contributed by atoms with Gasteiger partial charge in [0, 0.05) is 24.5 Å². The summed E-state index contributed by atoms with van der Waals surface area (Å²) >= 11 is 0. The minimum absolute atomic E-state index is 0.0812. The van der Waals surface area contributed by atoms with Gasteiger partial charge in [0.05, 0.1) is 5.69 Å². The highest BCUT2D eigenvalue weighted by Crippen LogP contribution is 2.16. The number of fused-ring (bicyclic) bond motifs is 1. The van der Waals surface area contributed by atoms with Gasteiger partial charge < -0.3 is 14.5 Å². The van der Waals surface area contributed by atoms with Crippen molar-refractivity contribution >= 4 is 11.6 Å². The van der Waals surface area contributed by atoms with Crippen LogP contribution in [0.15, 0.2) is 48.8 Å². The normalized spacial score (nSPS) is 11.0. The highest BCUT2D eigenvalue weighted by molar-refractivity contribution is 5.94. The molecule has 0 aliphatic heterocycles. The van der Waals surface area contributed by atoms with Crippen LogP contribution in [-0.4, -0.2) is 21.8 Å². The van der Waals surface area contributed by atoms with Crippen LogP contribution in [0.3, 0.4) is 0 Å². The molecule has 0 bridgehead atoms. The van der Waals surface area contributed by atoms with Gasteiger partial charge in [-0.05, 0) is 42.7 Å². The van der Waals surface area contributed by atoms with Gasteiger partial charge in [-0.2, -0.15) is 0 Å². The number of amides is 1. The van der Waals surface area contributed by atoms with Crippen LogP contribution in [0.1, 0.15) is 35.5 Å². The maximum Gasteiger partial charge on any atom is 0.251 e. The van der Waals surface area contributed by atoms with Gasteiger partial charge in [-0.15, -0.1) is 0 Å². The Morgan fingerprint density at radius 1 is 1.24 bits per heavy atom. The van der Waals surface area contributed by atoms with Gasteiger partial charge >= 0.3 is 0 Å². The fourth-order valence-corrected chi connectivity index (χ4v) is 2.51. The molecule has 1 N–H and O–H groups in total. The summed E-state index contributed by atoms with van der Waals surface area (Å²) in [6.45, 7) is 7.19. The number of ether oxygens (including phenoxy) is 1. The van der Waals surface area contributed by atoms with Crippen LogP contribution < -0.4 is 10.1 Å². The molecule has 2 heterocycles. The first kappa shape index (κ1) is 17.0. The minimum Gasteiger partial charge on any atom is -0.487 e. The fourth-order valence-electron chi connectivity index (χ4n) is 2.51. The summed E-state index contributed by atoms with van der Waals surface area (Å²) in [6.07, 6.45) is 3.99. The number of nitrogens with one attached hydrogen (secondary N) is 1. The molecular formula is C20H23N3O2. The predicted molar refractivity (Wildman–Crippen MR) is 97.9 cm³/mol. The zero-order chi connectivity index (χ0) is 17.8. The number of aryl methyl sites for hydroxylation is 1. The van der Waals surface area contributed by atoms with Crippen LogP contribution in [0.25, 0.3) is 5.65 Å². The van der Waals surface area contributed by atoms with Crippen molar-refractivity contribution in [3.8, 4) is 5.75 Å². The number of rotatable bonds is 6. The van der Waals surface area contributed by atoms with E-state index < -0.39 is 0 Å². The van der Waals surface area contributed by atoms with E-state index in [0.29, 0.717) is 30.4 Å². The molecule has 5 nitrogen and oxygen atoms in total. The summed E-state index contributed by atoms with van der Waals surface area (Å²) in [5.41, 5.74) is 3.52. The lowest BCUT2D eigenvalue weighted by atomic mass is 10.2. The maximum absolute atomic E-state index is 12.1. The third-order valence-electron chi connectivity index (χ3n) is 3.80. The van der Waals surface area contributed by atoms with Gasteiger partial charge in [-0.25, -0.2) is 4.98 Å². The van der Waals surface area contributed by atoms with E-state index in [1.165, 1.54) is 5.56 Å². The van der Waals surface area contributed by atoms with Crippen LogP contribution in [0, 0.1) is 12.8 Å². The van der Waals surface area contributed by atoms with E-state index >= 15 is 0 Å². The summed E-state index contributed by atoms with van der Waals surface area (Å²) in [5.74, 6) is 0.995. The molecule has 1 aromatic carbocycles. The van der Waals surface area contributed by atoms with Crippen molar-refractivity contribution in [1.29, 1.82) is 0 Å². The first-order valence-corrected chi connectivity index (χ1v) is 8.46. The number of nitrogens with zero attached hydrogens (tertiary/aromatic N) is 2. The molecule has 0 spiro atoms. The summed E-state index contributed by atoms with van der Waals surface area (Å²) < 4.78 is 7.80. The monoisotopic (exact) mass is 337 g/mol. The second kappa shape index (κ2) is 7.38. The largest absolute Gasteiger partial charge is 0.487 e. The lowest BCUT2D eigenvalue weighted by Crippen LogP contribution is -2.27. The Hall–Kier alpha value is -2.82. The Morgan fingerprint density at radius 2 is 2.08 bits per heavy atom. The van der Waals surface area contributed by atoms with Gasteiger partial charge in [0.2, 0.25) is 0 Å². The Morgan fingerprint density at radius 3 is 2.88 bits per heavy atom. The van der Waals surface area contributed by atoms with Gasteiger partial charge in [0.25, 0.3) is 5.91 Å². The number of carbonyl (C=O) groups excluding carboxylic acids is 1. The zero-order valence-electron chi connectivity index (χ0n) is 14.8. The molecule has 0 saturated carbocycles. The average molecular weight is 337 g/mol. The number of pyridine rings is 1. The van der Waals surface area contributed by atoms with Crippen LogP contribution in [0.2, 0.25) is 0 Å². The van der Waals surface area contributed by atoms with E-state index in [4.69, 9.17) is 4.74 Å². The van der Waals surface area contributed by atoms with Gasteiger partial charge in [-0.1, -0.05) is 26.0 Å². The number of imidazole rings is 1. The van der Waals surface area contributed by atoms with E-state index in [9.17, 15) is 4.79 Å². The lowest BCUT2D eigenvalue weighted by Gasteiger charge is -2.09. The summed E-state index contributed by atoms with van der Waals surface area (Å²) in [5, 5.41) is 2.91. The number of benzene rings is 1. The molecule has 25 heavy (non-hydrogen) atoms. The van der Waals surface area contributed by atoms with Gasteiger partial charge in [-0.3, -0.25) is 4.79 Å². The molecule has 0 unspecified atom stereocenters. The van der Waals surface area contributed by atoms with Crippen molar-refractivity contribution in [3.63, 3.8) is 0 Å². The number of hydrogen-bond donors (Lipinski definition) is 1. The minimum atomic E-state index is -0.0812. The van der Waals surface area contributed by atoms with Crippen LogP contribution in [-0.2, 0) is 6.61 Å². The summed E-state index contributed by atoms with van der Waals surface area (Å²) in [7, 11) is 0. The average Bonchev–Trinajstić information content (AvgIpc) is 3.00. The highest BCUT2D eigenvalue weighted by atomic mass is 16.5. The fraction of sp³-hybridized carbons (Fsp3) is 0.300. The molecular weight excluding hydrogens is 314 g/mol. The second-order valence-corrected chi connectivity index (χ2v) is 6.62. The standard InChI is InChI=1S/C20H23N3O2/c1-14(2)10-21-20(24)16-5-4-6-18(9-16)25-13-17-12-23-11-15(3)7-8-19(23)22-17/h4-9,11-12,14H,10,13H2,1-3H3,(H,21,24). The molecule has 0 saturated heterocycles. The smallest absolute Gasteiger partial charge is 0.251 e. The van der Waals surface area contributed by atoms with Crippen molar-refractivity contribution < 1.29 is 9.53 Å². The number of hydrogen-bond acceptors (Lipinski definition) is 3. The molecule has 1 amide bonds. The van der Waals surface area contributed by atoms with Crippen molar-refractivity contribution in [2.45, 2.75) is 27.4 Å². The second-order valence-electron chi connectivity index (χ2n) is 6.62. The van der Waals surface area contributed by atoms with Crippen LogP contribution >= 0.6 is 0 Å². The van der Waals surface area contributed by atoms with E-state index in [-0.39, 0.29) is 5.91 Å². The molecule has 2 aromatic heterocycles. The first-order valence-electron chi connectivity index (χ1n) is 8.46.